The number of hydrogen-bond acceptors (Lipinski definition) is 1. The Morgan fingerprint density at radius 3 is 2.58 bits per heavy atom. The molecule has 64 valence electrons. The minimum atomic E-state index is -1.04. The van der Waals surface area contributed by atoms with E-state index in [1.165, 1.54) is 12.1 Å². The topological polar surface area (TPSA) is 20.2 Å². The molecule has 0 saturated heterocycles. The van der Waals surface area contributed by atoms with Crippen LogP contribution in [0, 0.1) is 5.82 Å². The van der Waals surface area contributed by atoms with Crippen LogP contribution in [0.1, 0.15) is 11.1 Å². The predicted octanol–water partition coefficient (Wildman–Crippen LogP) is 1.97. The molecule has 3 heteroatoms. The third kappa shape index (κ3) is 0.967. The van der Waals surface area contributed by atoms with Crippen molar-refractivity contribution in [3.63, 3.8) is 0 Å². The molecule has 0 aromatic heterocycles. The van der Waals surface area contributed by atoms with Crippen LogP contribution in [0.3, 0.4) is 0 Å². The van der Waals surface area contributed by atoms with Gasteiger partial charge in [0.25, 0.3) is 0 Å². The molecule has 1 aliphatic rings. The van der Waals surface area contributed by atoms with Gasteiger partial charge in [0.15, 0.2) is 0 Å². The number of halogens is 2. The van der Waals surface area contributed by atoms with Crippen molar-refractivity contribution in [1.82, 2.24) is 0 Å². The lowest BCUT2D eigenvalue weighted by atomic mass is 10.1. The van der Waals surface area contributed by atoms with E-state index in [0.29, 0.717) is 11.1 Å². The molecule has 0 bridgehead atoms. The Morgan fingerprint density at radius 1 is 1.25 bits per heavy atom. The minimum absolute atomic E-state index is 0.00606. The van der Waals surface area contributed by atoms with Gasteiger partial charge in [0.05, 0.1) is 0 Å². The molecule has 1 aromatic carbocycles. The Morgan fingerprint density at radius 2 is 1.92 bits per heavy atom. The average molecular weight is 170 g/mol. The van der Waals surface area contributed by atoms with Gasteiger partial charge in [-0.3, -0.25) is 0 Å². The first kappa shape index (κ1) is 7.53. The Balaban J connectivity index is 2.56. The van der Waals surface area contributed by atoms with E-state index < -0.39 is 12.0 Å². The van der Waals surface area contributed by atoms with Gasteiger partial charge in [-0.15, -0.1) is 0 Å². The Labute approximate surface area is 68.6 Å². The van der Waals surface area contributed by atoms with Crippen LogP contribution in [0.15, 0.2) is 12.1 Å². The van der Waals surface area contributed by atoms with Crippen molar-refractivity contribution in [1.29, 1.82) is 0 Å². The fourth-order valence-corrected chi connectivity index (χ4v) is 1.62. The van der Waals surface area contributed by atoms with Crippen LogP contribution in [0.4, 0.5) is 8.78 Å². The molecule has 1 N–H and O–H groups in total. The molecule has 0 aliphatic heterocycles. The number of phenols is 1. The van der Waals surface area contributed by atoms with Gasteiger partial charge in [-0.1, -0.05) is 0 Å². The zero-order chi connectivity index (χ0) is 8.72. The Kier molecular flexibility index (Phi) is 1.53. The summed E-state index contributed by atoms with van der Waals surface area (Å²) in [5, 5.41) is 9.24. The smallest absolute Gasteiger partial charge is 0.127 e. The Bertz CT molecular complexity index is 292. The number of phenolic OH excluding ortho intramolecular Hbond substituents is 1. The highest BCUT2D eigenvalue weighted by Gasteiger charge is 2.26. The van der Waals surface area contributed by atoms with Crippen molar-refractivity contribution in [2.45, 2.75) is 19.0 Å². The summed E-state index contributed by atoms with van der Waals surface area (Å²) in [5.41, 5.74) is 0.769. The molecule has 0 spiro atoms. The zero-order valence-corrected chi connectivity index (χ0v) is 6.35. The van der Waals surface area contributed by atoms with E-state index >= 15 is 0 Å². The zero-order valence-electron chi connectivity index (χ0n) is 6.35. The first-order valence-electron chi connectivity index (χ1n) is 3.82. The predicted molar refractivity (Wildman–Crippen MR) is 40.4 cm³/mol. The van der Waals surface area contributed by atoms with E-state index in [0.717, 1.165) is 0 Å². The van der Waals surface area contributed by atoms with E-state index in [4.69, 9.17) is 0 Å². The monoisotopic (exact) mass is 170 g/mol. The van der Waals surface area contributed by atoms with Crippen LogP contribution < -0.4 is 0 Å². The van der Waals surface area contributed by atoms with E-state index in [2.05, 4.69) is 0 Å². The molecule has 1 aromatic rings. The fourth-order valence-electron chi connectivity index (χ4n) is 1.62. The highest BCUT2D eigenvalue weighted by Crippen LogP contribution is 2.32. The molecule has 2 rings (SSSR count). The normalized spacial score (nSPS) is 21.0. The lowest BCUT2D eigenvalue weighted by Gasteiger charge is -2.01. The molecule has 1 atom stereocenters. The molecule has 0 heterocycles. The number of aromatic hydroxyl groups is 1. The second-order valence-electron chi connectivity index (χ2n) is 3.03. The SMILES string of the molecule is Oc1ccc(F)c2c1CC(F)C2. The summed E-state index contributed by atoms with van der Waals surface area (Å²) in [4.78, 5) is 0. The number of alkyl halides is 1. The molecule has 0 fully saturated rings. The van der Waals surface area contributed by atoms with Gasteiger partial charge in [-0.25, -0.2) is 8.78 Å². The lowest BCUT2D eigenvalue weighted by Crippen LogP contribution is -1.96. The molecule has 12 heavy (non-hydrogen) atoms. The number of benzene rings is 1. The van der Waals surface area contributed by atoms with Gasteiger partial charge < -0.3 is 5.11 Å². The van der Waals surface area contributed by atoms with E-state index in [-0.39, 0.29) is 18.6 Å². The van der Waals surface area contributed by atoms with E-state index in [9.17, 15) is 13.9 Å². The van der Waals surface area contributed by atoms with Crippen LogP contribution >= 0.6 is 0 Å². The summed E-state index contributed by atoms with van der Waals surface area (Å²) in [6.45, 7) is 0. The number of fused-ring (bicyclic) bond motifs is 1. The van der Waals surface area contributed by atoms with Gasteiger partial charge in [0, 0.05) is 18.4 Å². The first-order valence-corrected chi connectivity index (χ1v) is 3.82. The van der Waals surface area contributed by atoms with Crippen molar-refractivity contribution in [2.75, 3.05) is 0 Å². The summed E-state index contributed by atoms with van der Waals surface area (Å²) in [5.74, 6) is -0.408. The van der Waals surface area contributed by atoms with E-state index in [1.54, 1.807) is 0 Å². The van der Waals surface area contributed by atoms with Gasteiger partial charge in [0.2, 0.25) is 0 Å². The van der Waals surface area contributed by atoms with Crippen LogP contribution in [-0.4, -0.2) is 11.3 Å². The average Bonchev–Trinajstić information content (AvgIpc) is 2.41. The minimum Gasteiger partial charge on any atom is -0.508 e. The molecular formula is C9H8F2O. The molecule has 0 saturated carbocycles. The summed E-state index contributed by atoms with van der Waals surface area (Å²) >= 11 is 0. The highest BCUT2D eigenvalue weighted by molar-refractivity contribution is 5.44. The third-order valence-corrected chi connectivity index (χ3v) is 2.20. The Hall–Kier alpha value is -1.12. The second-order valence-corrected chi connectivity index (χ2v) is 3.03. The quantitative estimate of drug-likeness (QED) is 0.631. The van der Waals surface area contributed by atoms with Gasteiger partial charge in [0.1, 0.15) is 17.7 Å². The van der Waals surface area contributed by atoms with Crippen LogP contribution in [0.25, 0.3) is 0 Å². The van der Waals surface area contributed by atoms with Crippen molar-refractivity contribution < 1.29 is 13.9 Å². The maximum absolute atomic E-state index is 13.0. The summed E-state index contributed by atoms with van der Waals surface area (Å²) in [6.07, 6.45) is -0.808. The molecular weight excluding hydrogens is 162 g/mol. The molecule has 1 aliphatic carbocycles. The lowest BCUT2D eigenvalue weighted by molar-refractivity contribution is 0.345. The van der Waals surface area contributed by atoms with Gasteiger partial charge >= 0.3 is 0 Å². The largest absolute Gasteiger partial charge is 0.508 e. The first-order chi connectivity index (χ1) is 5.68. The van der Waals surface area contributed by atoms with Crippen molar-refractivity contribution in [3.05, 3.63) is 29.1 Å². The molecule has 1 unspecified atom stereocenters. The summed E-state index contributed by atoms with van der Waals surface area (Å²) in [6, 6.07) is 2.44. The van der Waals surface area contributed by atoms with Crippen LogP contribution in [0.2, 0.25) is 0 Å². The standard InChI is InChI=1S/C9H8F2O/c10-5-3-6-7(4-5)9(12)2-1-8(6)11/h1-2,5,12H,3-4H2. The van der Waals surface area contributed by atoms with Crippen molar-refractivity contribution >= 4 is 0 Å². The highest BCUT2D eigenvalue weighted by atomic mass is 19.1. The molecule has 0 amide bonds. The summed E-state index contributed by atoms with van der Waals surface area (Å²) < 4.78 is 25.8. The van der Waals surface area contributed by atoms with E-state index in [1.807, 2.05) is 0 Å². The van der Waals surface area contributed by atoms with Gasteiger partial charge in [-0.2, -0.15) is 0 Å². The molecule has 0 radical (unpaired) electrons. The van der Waals surface area contributed by atoms with Gasteiger partial charge in [-0.05, 0) is 17.7 Å². The van der Waals surface area contributed by atoms with Crippen molar-refractivity contribution in [2.24, 2.45) is 0 Å². The molecule has 1 nitrogen and oxygen atoms in total. The summed E-state index contributed by atoms with van der Waals surface area (Å²) in [7, 11) is 0. The van der Waals surface area contributed by atoms with Crippen LogP contribution in [0.5, 0.6) is 5.75 Å². The maximum atomic E-state index is 13.0. The second kappa shape index (κ2) is 2.44. The maximum Gasteiger partial charge on any atom is 0.127 e. The van der Waals surface area contributed by atoms with Crippen LogP contribution in [-0.2, 0) is 12.8 Å². The number of hydrogen-bond donors (Lipinski definition) is 1. The van der Waals surface area contributed by atoms with Crippen molar-refractivity contribution in [3.8, 4) is 5.75 Å². The third-order valence-electron chi connectivity index (χ3n) is 2.20. The fraction of sp³-hybridized carbons (Fsp3) is 0.333. The number of rotatable bonds is 0.